The zero-order valence-electron chi connectivity index (χ0n) is 13.9. The van der Waals surface area contributed by atoms with Crippen LogP contribution in [0.1, 0.15) is 16.8 Å². The highest BCUT2D eigenvalue weighted by Crippen LogP contribution is 2.34. The quantitative estimate of drug-likeness (QED) is 0.552. The van der Waals surface area contributed by atoms with Gasteiger partial charge >= 0.3 is 0 Å². The van der Waals surface area contributed by atoms with Gasteiger partial charge in [0.2, 0.25) is 0 Å². The fraction of sp³-hybridized carbons (Fsp3) is 0.167. The molecule has 3 aromatic rings. The van der Waals surface area contributed by atoms with Crippen molar-refractivity contribution >= 4 is 31.1 Å². The number of aryl methyl sites for hydroxylation is 2. The number of thiazole rings is 1. The van der Waals surface area contributed by atoms with Crippen LogP contribution in [-0.2, 0) is 9.05 Å². The third-order valence-electron chi connectivity index (χ3n) is 3.86. The van der Waals surface area contributed by atoms with Crippen molar-refractivity contribution in [3.8, 4) is 22.1 Å². The van der Waals surface area contributed by atoms with Crippen molar-refractivity contribution in [1.29, 1.82) is 0 Å². The van der Waals surface area contributed by atoms with Crippen molar-refractivity contribution in [3.63, 3.8) is 0 Å². The van der Waals surface area contributed by atoms with Gasteiger partial charge in [0.05, 0.1) is 5.69 Å². The Morgan fingerprint density at radius 1 is 1.04 bits per heavy atom. The fourth-order valence-corrected chi connectivity index (χ4v) is 4.82. The molecule has 3 rings (SSSR count). The minimum Gasteiger partial charge on any atom is -0.457 e. The number of nitrogens with zero attached hydrogens (tertiary/aromatic N) is 1. The molecular weight excluding hydrogens is 378 g/mol. The molecule has 0 N–H and O–H groups in total. The van der Waals surface area contributed by atoms with E-state index in [1.807, 2.05) is 56.3 Å². The molecule has 1 aromatic heterocycles. The predicted octanol–water partition coefficient (Wildman–Crippen LogP) is 5.46. The van der Waals surface area contributed by atoms with Crippen molar-refractivity contribution in [2.24, 2.45) is 0 Å². The van der Waals surface area contributed by atoms with E-state index in [-0.39, 0.29) is 4.21 Å². The molecule has 7 heteroatoms. The third-order valence-corrected chi connectivity index (χ3v) is 7.24. The Balaban J connectivity index is 1.87. The van der Waals surface area contributed by atoms with Crippen LogP contribution in [0.4, 0.5) is 0 Å². The van der Waals surface area contributed by atoms with Gasteiger partial charge < -0.3 is 4.74 Å². The second kappa shape index (κ2) is 6.78. The van der Waals surface area contributed by atoms with Crippen LogP contribution in [0, 0.1) is 20.8 Å². The molecule has 0 radical (unpaired) electrons. The lowest BCUT2D eigenvalue weighted by molar-refractivity contribution is 0.478. The first-order valence-corrected chi connectivity index (χ1v) is 10.6. The molecule has 0 unspecified atom stereocenters. The average molecular weight is 394 g/mol. The van der Waals surface area contributed by atoms with Gasteiger partial charge in [-0.1, -0.05) is 12.1 Å². The molecule has 0 aliphatic carbocycles. The summed E-state index contributed by atoms with van der Waals surface area (Å²) in [5.41, 5.74) is 3.49. The highest BCUT2D eigenvalue weighted by Gasteiger charge is 2.19. The van der Waals surface area contributed by atoms with E-state index in [0.29, 0.717) is 16.5 Å². The molecule has 0 saturated carbocycles. The fourth-order valence-electron chi connectivity index (χ4n) is 2.36. The van der Waals surface area contributed by atoms with E-state index in [4.69, 9.17) is 15.4 Å². The molecule has 130 valence electrons. The summed E-state index contributed by atoms with van der Waals surface area (Å²) in [4.78, 5) is 4.30. The Labute approximate surface area is 155 Å². The molecule has 0 bridgehead atoms. The number of hydrogen-bond donors (Lipinski definition) is 0. The first-order chi connectivity index (χ1) is 11.8. The summed E-state index contributed by atoms with van der Waals surface area (Å²) in [7, 11) is 1.66. The third kappa shape index (κ3) is 3.86. The summed E-state index contributed by atoms with van der Waals surface area (Å²) in [5.74, 6) is 1.52. The van der Waals surface area contributed by atoms with E-state index in [1.165, 1.54) is 5.56 Å². The van der Waals surface area contributed by atoms with Crippen LogP contribution in [0.3, 0.4) is 0 Å². The highest BCUT2D eigenvalue weighted by molar-refractivity contribution is 8.15. The van der Waals surface area contributed by atoms with Gasteiger partial charge in [-0.15, -0.1) is 11.3 Å². The smallest absolute Gasteiger partial charge is 0.272 e. The van der Waals surface area contributed by atoms with Crippen LogP contribution in [0.5, 0.6) is 11.5 Å². The average Bonchev–Trinajstić information content (AvgIpc) is 2.95. The minimum atomic E-state index is -3.77. The zero-order valence-corrected chi connectivity index (χ0v) is 16.3. The second-order valence-electron chi connectivity index (χ2n) is 5.65. The monoisotopic (exact) mass is 393 g/mol. The summed E-state index contributed by atoms with van der Waals surface area (Å²) >= 11 is 1.06. The molecule has 0 atom stereocenters. The number of ether oxygens (including phenoxy) is 1. The van der Waals surface area contributed by atoms with Gasteiger partial charge in [-0.25, -0.2) is 13.4 Å². The largest absolute Gasteiger partial charge is 0.457 e. The van der Waals surface area contributed by atoms with Crippen molar-refractivity contribution in [2.45, 2.75) is 25.0 Å². The van der Waals surface area contributed by atoms with E-state index < -0.39 is 9.05 Å². The lowest BCUT2D eigenvalue weighted by atomic mass is 10.1. The summed E-state index contributed by atoms with van der Waals surface area (Å²) in [5, 5.41) is 0.606. The maximum atomic E-state index is 11.5. The molecule has 4 nitrogen and oxygen atoms in total. The lowest BCUT2D eigenvalue weighted by Gasteiger charge is -2.10. The van der Waals surface area contributed by atoms with Gasteiger partial charge in [0, 0.05) is 16.2 Å². The Morgan fingerprint density at radius 3 is 2.32 bits per heavy atom. The van der Waals surface area contributed by atoms with Gasteiger partial charge in [0.1, 0.15) is 16.5 Å². The standard InChI is InChI=1S/C18H16ClNO3S2/c1-11-5-4-6-16(12(11)2)23-15-9-7-14(8-10-15)17-20-13(3)18(24-17)25(19,21)22/h4-10H,1-3H3. The summed E-state index contributed by atoms with van der Waals surface area (Å²) in [6.07, 6.45) is 0. The Kier molecular flexibility index (Phi) is 4.86. The summed E-state index contributed by atoms with van der Waals surface area (Å²) in [6.45, 7) is 5.69. The summed E-state index contributed by atoms with van der Waals surface area (Å²) in [6, 6.07) is 13.3. The molecule has 0 fully saturated rings. The number of aromatic nitrogens is 1. The normalized spacial score (nSPS) is 11.5. The Bertz CT molecular complexity index is 1020. The molecule has 0 saturated heterocycles. The Hall–Kier alpha value is -1.89. The van der Waals surface area contributed by atoms with Crippen molar-refractivity contribution in [1.82, 2.24) is 4.98 Å². The predicted molar refractivity (Wildman–Crippen MR) is 101 cm³/mol. The van der Waals surface area contributed by atoms with E-state index in [1.54, 1.807) is 6.92 Å². The van der Waals surface area contributed by atoms with Gasteiger partial charge in [-0.3, -0.25) is 0 Å². The first kappa shape index (κ1) is 17.9. The number of halogens is 1. The number of hydrogen-bond acceptors (Lipinski definition) is 5. The zero-order chi connectivity index (χ0) is 18.2. The van der Waals surface area contributed by atoms with E-state index in [0.717, 1.165) is 28.2 Å². The second-order valence-corrected chi connectivity index (χ2v) is 9.41. The van der Waals surface area contributed by atoms with Crippen molar-refractivity contribution in [2.75, 3.05) is 0 Å². The number of benzene rings is 2. The highest BCUT2D eigenvalue weighted by atomic mass is 35.7. The molecule has 0 aliphatic heterocycles. The van der Waals surface area contributed by atoms with Gasteiger partial charge in [0.25, 0.3) is 9.05 Å². The minimum absolute atomic E-state index is 0.0832. The maximum absolute atomic E-state index is 11.5. The molecule has 25 heavy (non-hydrogen) atoms. The maximum Gasteiger partial charge on any atom is 0.272 e. The lowest BCUT2D eigenvalue weighted by Crippen LogP contribution is -1.89. The molecular formula is C18H16ClNO3S2. The number of rotatable bonds is 4. The molecule has 2 aromatic carbocycles. The van der Waals surface area contributed by atoms with Crippen LogP contribution in [0.25, 0.3) is 10.6 Å². The molecule has 0 aliphatic rings. The molecule has 1 heterocycles. The molecule has 0 amide bonds. The van der Waals surface area contributed by atoms with Crippen LogP contribution >= 0.6 is 22.0 Å². The van der Waals surface area contributed by atoms with Gasteiger partial charge in [-0.2, -0.15) is 0 Å². The van der Waals surface area contributed by atoms with Gasteiger partial charge in [-0.05, 0) is 62.2 Å². The molecule has 0 spiro atoms. The van der Waals surface area contributed by atoms with E-state index in [9.17, 15) is 8.42 Å². The van der Waals surface area contributed by atoms with Crippen molar-refractivity contribution < 1.29 is 13.2 Å². The van der Waals surface area contributed by atoms with E-state index >= 15 is 0 Å². The van der Waals surface area contributed by atoms with Crippen LogP contribution in [-0.4, -0.2) is 13.4 Å². The Morgan fingerprint density at radius 2 is 1.72 bits per heavy atom. The van der Waals surface area contributed by atoms with Crippen molar-refractivity contribution in [3.05, 3.63) is 59.3 Å². The van der Waals surface area contributed by atoms with E-state index in [2.05, 4.69) is 4.98 Å². The van der Waals surface area contributed by atoms with Crippen LogP contribution < -0.4 is 4.74 Å². The SMILES string of the molecule is Cc1cccc(Oc2ccc(-c3nc(C)c(S(=O)(=O)Cl)s3)cc2)c1C. The van der Waals surface area contributed by atoms with Crippen LogP contribution in [0.15, 0.2) is 46.7 Å². The first-order valence-electron chi connectivity index (χ1n) is 7.52. The topological polar surface area (TPSA) is 56.3 Å². The van der Waals surface area contributed by atoms with Crippen LogP contribution in [0.2, 0.25) is 0 Å². The van der Waals surface area contributed by atoms with Gasteiger partial charge in [0.15, 0.2) is 4.21 Å². The summed E-state index contributed by atoms with van der Waals surface area (Å²) < 4.78 is 29.1.